The van der Waals surface area contributed by atoms with Crippen LogP contribution < -0.4 is 15.2 Å². The Labute approximate surface area is 171 Å². The van der Waals surface area contributed by atoms with Gasteiger partial charge in [0.25, 0.3) is 5.91 Å². The van der Waals surface area contributed by atoms with Gasteiger partial charge in [0.05, 0.1) is 12.0 Å². The highest BCUT2D eigenvalue weighted by atomic mass is 32.2. The third kappa shape index (κ3) is 4.72. The Balaban J connectivity index is 1.64. The number of hydrogen-bond donors (Lipinski definition) is 2. The van der Waals surface area contributed by atoms with E-state index < -0.39 is 22.1 Å². The molecule has 2 saturated carbocycles. The molecule has 3 rings (SSSR count). The van der Waals surface area contributed by atoms with Gasteiger partial charge in [-0.1, -0.05) is 6.42 Å². The average Bonchev–Trinajstić information content (AvgIpc) is 3.30. The molecule has 0 spiro atoms. The molecule has 8 nitrogen and oxygen atoms in total. The number of primary sulfonamides is 1. The number of carbonyl (C=O) groups excluding carboxylic acids is 2. The van der Waals surface area contributed by atoms with Crippen molar-refractivity contribution in [3.05, 3.63) is 23.8 Å². The van der Waals surface area contributed by atoms with Gasteiger partial charge in [0.2, 0.25) is 10.0 Å². The molecule has 1 amide bonds. The van der Waals surface area contributed by atoms with Gasteiger partial charge in [-0.15, -0.1) is 0 Å². The van der Waals surface area contributed by atoms with Crippen molar-refractivity contribution in [3.63, 3.8) is 0 Å². The predicted molar refractivity (Wildman–Crippen MR) is 106 cm³/mol. The highest BCUT2D eigenvalue weighted by Gasteiger charge is 2.42. The average molecular weight is 425 g/mol. The Bertz CT molecular complexity index is 900. The Morgan fingerprint density at radius 1 is 1.21 bits per heavy atom. The molecule has 9 heteroatoms. The van der Waals surface area contributed by atoms with Crippen LogP contribution in [-0.4, -0.2) is 39.5 Å². The van der Waals surface area contributed by atoms with Gasteiger partial charge in [0.1, 0.15) is 11.3 Å². The maximum atomic E-state index is 12.5. The zero-order valence-electron chi connectivity index (χ0n) is 16.9. The number of methoxy groups -OCH3 is 1. The SMILES string of the molecule is COc1ccc(S(N)(=O)=O)cc1C(=O)O[C@H](C)C(=O)N[C@@H](C)[C@H]1C[C@H]2CC[C@H]1C2. The van der Waals surface area contributed by atoms with E-state index in [-0.39, 0.29) is 28.2 Å². The molecule has 5 atom stereocenters. The molecule has 0 saturated heterocycles. The number of carbonyl (C=O) groups is 2. The summed E-state index contributed by atoms with van der Waals surface area (Å²) in [4.78, 5) is 24.8. The van der Waals surface area contributed by atoms with Crippen molar-refractivity contribution in [3.8, 4) is 5.75 Å². The smallest absolute Gasteiger partial charge is 0.342 e. The highest BCUT2D eigenvalue weighted by molar-refractivity contribution is 7.89. The highest BCUT2D eigenvalue weighted by Crippen LogP contribution is 2.49. The molecule has 160 valence electrons. The summed E-state index contributed by atoms with van der Waals surface area (Å²) in [5.41, 5.74) is -0.111. The number of amides is 1. The summed E-state index contributed by atoms with van der Waals surface area (Å²) < 4.78 is 33.5. The van der Waals surface area contributed by atoms with Crippen molar-refractivity contribution in [2.24, 2.45) is 22.9 Å². The first-order valence-electron chi connectivity index (χ1n) is 9.82. The number of rotatable bonds is 7. The second-order valence-corrected chi connectivity index (χ2v) is 9.65. The maximum absolute atomic E-state index is 12.5. The van der Waals surface area contributed by atoms with Crippen molar-refractivity contribution in [2.75, 3.05) is 7.11 Å². The Morgan fingerprint density at radius 2 is 1.93 bits per heavy atom. The molecule has 0 aromatic heterocycles. The largest absolute Gasteiger partial charge is 0.496 e. The summed E-state index contributed by atoms with van der Waals surface area (Å²) in [6, 6.07) is 3.65. The molecule has 1 aromatic carbocycles. The standard InChI is InChI=1S/C20H28N2O6S/c1-11(16-9-13-4-5-14(16)8-13)22-19(23)12(2)28-20(24)17-10-15(29(21,25)26)6-7-18(17)27-3/h6-7,10-14,16H,4-5,8-9H2,1-3H3,(H,22,23)(H2,21,25,26)/t11-,12+,13-,14-,16+/m0/s1. The van der Waals surface area contributed by atoms with Gasteiger partial charge in [0.15, 0.2) is 6.10 Å². The van der Waals surface area contributed by atoms with Crippen molar-refractivity contribution in [2.45, 2.75) is 56.6 Å². The van der Waals surface area contributed by atoms with E-state index in [0.717, 1.165) is 18.4 Å². The lowest BCUT2D eigenvalue weighted by Crippen LogP contribution is -2.45. The molecule has 0 aliphatic heterocycles. The molecule has 2 bridgehead atoms. The third-order valence-corrected chi connectivity index (χ3v) is 7.09. The Hall–Kier alpha value is -2.13. The van der Waals surface area contributed by atoms with Crippen LogP contribution in [0.2, 0.25) is 0 Å². The molecule has 29 heavy (non-hydrogen) atoms. The van der Waals surface area contributed by atoms with Crippen LogP contribution in [0, 0.1) is 17.8 Å². The Kier molecular flexibility index (Phi) is 6.19. The fourth-order valence-corrected chi connectivity index (χ4v) is 5.20. The van der Waals surface area contributed by atoms with Gasteiger partial charge in [-0.25, -0.2) is 18.4 Å². The first-order valence-corrected chi connectivity index (χ1v) is 11.4. The number of nitrogens with one attached hydrogen (secondary N) is 1. The van der Waals surface area contributed by atoms with Crippen molar-refractivity contribution in [1.82, 2.24) is 5.32 Å². The molecule has 0 radical (unpaired) electrons. The van der Waals surface area contributed by atoms with Crippen LogP contribution in [0.4, 0.5) is 0 Å². The number of hydrogen-bond acceptors (Lipinski definition) is 6. The van der Waals surface area contributed by atoms with Crippen LogP contribution in [0.1, 0.15) is 49.9 Å². The van der Waals surface area contributed by atoms with Gasteiger partial charge in [-0.05, 0) is 69.1 Å². The van der Waals surface area contributed by atoms with E-state index in [1.54, 1.807) is 0 Å². The van der Waals surface area contributed by atoms with E-state index in [1.807, 2.05) is 6.92 Å². The van der Waals surface area contributed by atoms with Crippen LogP contribution in [-0.2, 0) is 19.6 Å². The van der Waals surface area contributed by atoms with Crippen molar-refractivity contribution >= 4 is 21.9 Å². The van der Waals surface area contributed by atoms with Crippen molar-refractivity contribution in [1.29, 1.82) is 0 Å². The quantitative estimate of drug-likeness (QED) is 0.644. The van der Waals surface area contributed by atoms with Gasteiger partial charge in [0, 0.05) is 6.04 Å². The van der Waals surface area contributed by atoms with Crippen molar-refractivity contribution < 1.29 is 27.5 Å². The van der Waals surface area contributed by atoms with Crippen LogP contribution in [0.3, 0.4) is 0 Å². The molecule has 2 aliphatic carbocycles. The van der Waals surface area contributed by atoms with Gasteiger partial charge in [-0.2, -0.15) is 0 Å². The zero-order chi connectivity index (χ0) is 21.3. The fourth-order valence-electron chi connectivity index (χ4n) is 4.66. The molecular formula is C20H28N2O6S. The van der Waals surface area contributed by atoms with Crippen LogP contribution in [0.5, 0.6) is 5.75 Å². The lowest BCUT2D eigenvalue weighted by Gasteiger charge is -2.29. The van der Waals surface area contributed by atoms with E-state index in [2.05, 4.69) is 5.32 Å². The second-order valence-electron chi connectivity index (χ2n) is 8.09. The minimum atomic E-state index is -4.00. The molecule has 2 fully saturated rings. The molecule has 3 N–H and O–H groups in total. The normalized spacial score (nSPS) is 25.3. The molecule has 0 heterocycles. The number of esters is 1. The number of sulfonamides is 1. The number of nitrogens with two attached hydrogens (primary N) is 1. The zero-order valence-corrected chi connectivity index (χ0v) is 17.7. The summed E-state index contributed by atoms with van der Waals surface area (Å²) in [6.07, 6.45) is 3.86. The Morgan fingerprint density at radius 3 is 2.48 bits per heavy atom. The topological polar surface area (TPSA) is 125 Å². The van der Waals surface area contributed by atoms with E-state index in [1.165, 1.54) is 45.4 Å². The molecule has 0 unspecified atom stereocenters. The summed E-state index contributed by atoms with van der Waals surface area (Å²) in [5.74, 6) is 0.798. The van der Waals surface area contributed by atoms with E-state index in [4.69, 9.17) is 14.6 Å². The predicted octanol–water partition coefficient (Wildman–Crippen LogP) is 1.83. The minimum absolute atomic E-state index is 0.0131. The summed E-state index contributed by atoms with van der Waals surface area (Å²) in [6.45, 7) is 3.48. The van der Waals surface area contributed by atoms with Gasteiger partial charge >= 0.3 is 5.97 Å². The molecular weight excluding hydrogens is 396 g/mol. The third-order valence-electron chi connectivity index (χ3n) is 6.18. The van der Waals surface area contributed by atoms with Crippen LogP contribution >= 0.6 is 0 Å². The summed E-state index contributed by atoms with van der Waals surface area (Å²) >= 11 is 0. The van der Waals surface area contributed by atoms with Crippen LogP contribution in [0.25, 0.3) is 0 Å². The second kappa shape index (κ2) is 8.31. The monoisotopic (exact) mass is 424 g/mol. The molecule has 2 aliphatic rings. The summed E-state index contributed by atoms with van der Waals surface area (Å²) in [7, 11) is -2.66. The summed E-state index contributed by atoms with van der Waals surface area (Å²) in [5, 5.41) is 8.09. The minimum Gasteiger partial charge on any atom is -0.496 e. The first-order chi connectivity index (χ1) is 13.6. The molecule has 1 aromatic rings. The van der Waals surface area contributed by atoms with E-state index >= 15 is 0 Å². The van der Waals surface area contributed by atoms with E-state index in [0.29, 0.717) is 11.8 Å². The lowest BCUT2D eigenvalue weighted by atomic mass is 9.84. The van der Waals surface area contributed by atoms with Gasteiger partial charge < -0.3 is 14.8 Å². The van der Waals surface area contributed by atoms with Crippen LogP contribution in [0.15, 0.2) is 23.1 Å². The number of fused-ring (bicyclic) bond motifs is 2. The number of ether oxygens (including phenoxy) is 2. The van der Waals surface area contributed by atoms with Gasteiger partial charge in [-0.3, -0.25) is 4.79 Å². The number of benzene rings is 1. The lowest BCUT2D eigenvalue weighted by molar-refractivity contribution is -0.130. The first kappa shape index (κ1) is 21.6. The van der Waals surface area contributed by atoms with E-state index in [9.17, 15) is 18.0 Å². The maximum Gasteiger partial charge on any atom is 0.342 e. The fraction of sp³-hybridized carbons (Fsp3) is 0.600.